The van der Waals surface area contributed by atoms with Crippen LogP contribution in [0, 0.1) is 0 Å². The Morgan fingerprint density at radius 2 is 0.627 bits per heavy atom. The molecule has 0 fully saturated rings. The number of hydrogen-bond donors (Lipinski definition) is 3. The molecule has 2 unspecified atom stereocenters. The molecule has 2 atom stereocenters. The Kier molecular flexibility index (Phi) is 57.2. The van der Waals surface area contributed by atoms with Gasteiger partial charge >= 0.3 is 0 Å². The fourth-order valence-electron chi connectivity index (χ4n) is 9.41. The number of allylic oxidation sites excluding steroid dienone is 7. The highest BCUT2D eigenvalue weighted by Crippen LogP contribution is 2.17. The summed E-state index contributed by atoms with van der Waals surface area (Å²) in [7, 11) is 0. The Bertz CT molecular complexity index is 1060. The van der Waals surface area contributed by atoms with Gasteiger partial charge in [0.25, 0.3) is 0 Å². The van der Waals surface area contributed by atoms with Crippen LogP contribution in [0.5, 0.6) is 0 Å². The van der Waals surface area contributed by atoms with Gasteiger partial charge in [-0.15, -0.1) is 0 Å². The molecule has 0 aromatic carbocycles. The van der Waals surface area contributed by atoms with Gasteiger partial charge in [0.15, 0.2) is 0 Å². The molecule has 0 spiro atoms. The van der Waals surface area contributed by atoms with Crippen molar-refractivity contribution in [1.29, 1.82) is 0 Å². The first-order valence-corrected chi connectivity index (χ1v) is 30.4. The second-order valence-corrected chi connectivity index (χ2v) is 20.8. The van der Waals surface area contributed by atoms with Crippen molar-refractivity contribution < 1.29 is 15.0 Å². The van der Waals surface area contributed by atoms with Crippen LogP contribution in [0.1, 0.15) is 328 Å². The molecule has 0 aliphatic carbocycles. The van der Waals surface area contributed by atoms with Gasteiger partial charge in [-0.05, 0) is 64.2 Å². The lowest BCUT2D eigenvalue weighted by Crippen LogP contribution is -2.45. The van der Waals surface area contributed by atoms with Crippen molar-refractivity contribution in [2.24, 2.45) is 0 Å². The Balaban J connectivity index is 3.50. The summed E-state index contributed by atoms with van der Waals surface area (Å²) in [5, 5.41) is 23.2. The number of rotatable bonds is 56. The lowest BCUT2D eigenvalue weighted by Gasteiger charge is -2.19. The summed E-state index contributed by atoms with van der Waals surface area (Å²) >= 11 is 0. The maximum atomic E-state index is 12.5. The summed E-state index contributed by atoms with van der Waals surface area (Å²) < 4.78 is 0. The number of unbranched alkanes of at least 4 members (excludes halogenated alkanes) is 43. The van der Waals surface area contributed by atoms with Crippen molar-refractivity contribution in [3.63, 3.8) is 0 Å². The molecule has 0 aromatic rings. The van der Waals surface area contributed by atoms with Crippen molar-refractivity contribution in [2.75, 3.05) is 6.61 Å². The number of hydrogen-bond acceptors (Lipinski definition) is 3. The van der Waals surface area contributed by atoms with E-state index in [1.165, 1.54) is 270 Å². The van der Waals surface area contributed by atoms with E-state index in [1.54, 1.807) is 6.08 Å². The first kappa shape index (κ1) is 65.3. The van der Waals surface area contributed by atoms with E-state index in [1.807, 2.05) is 6.08 Å². The average Bonchev–Trinajstić information content (AvgIpc) is 3.33. The Morgan fingerprint density at radius 3 is 0.955 bits per heavy atom. The van der Waals surface area contributed by atoms with Crippen molar-refractivity contribution in [3.8, 4) is 0 Å². The molecular weight excluding hydrogens is 819 g/mol. The van der Waals surface area contributed by atoms with Gasteiger partial charge in [-0.25, -0.2) is 0 Å². The van der Waals surface area contributed by atoms with Crippen LogP contribution in [-0.2, 0) is 4.79 Å². The third-order valence-corrected chi connectivity index (χ3v) is 14.0. The van der Waals surface area contributed by atoms with Crippen molar-refractivity contribution >= 4 is 5.91 Å². The monoisotopic (exact) mass is 938 g/mol. The molecule has 0 aliphatic heterocycles. The predicted octanol–water partition coefficient (Wildman–Crippen LogP) is 20.2. The minimum atomic E-state index is -0.865. The second kappa shape index (κ2) is 58.7. The van der Waals surface area contributed by atoms with Gasteiger partial charge in [0.05, 0.1) is 18.8 Å². The van der Waals surface area contributed by atoms with E-state index in [-0.39, 0.29) is 12.5 Å². The lowest BCUT2D eigenvalue weighted by molar-refractivity contribution is -0.123. The number of aliphatic hydroxyl groups excluding tert-OH is 2. The highest BCUT2D eigenvalue weighted by molar-refractivity contribution is 5.76. The van der Waals surface area contributed by atoms with E-state index >= 15 is 0 Å². The lowest BCUT2D eigenvalue weighted by atomic mass is 10.0. The van der Waals surface area contributed by atoms with E-state index in [0.717, 1.165) is 38.5 Å². The first-order chi connectivity index (χ1) is 33.2. The summed E-state index contributed by atoms with van der Waals surface area (Å²) in [5.74, 6) is -0.0712. The fourth-order valence-corrected chi connectivity index (χ4v) is 9.41. The van der Waals surface area contributed by atoms with Crippen molar-refractivity contribution in [2.45, 2.75) is 341 Å². The number of aliphatic hydroxyl groups is 2. The van der Waals surface area contributed by atoms with E-state index in [4.69, 9.17) is 0 Å². The molecule has 0 rings (SSSR count). The summed E-state index contributed by atoms with van der Waals surface area (Å²) in [6.07, 6.45) is 81.5. The van der Waals surface area contributed by atoms with Crippen molar-refractivity contribution in [1.82, 2.24) is 5.32 Å². The molecule has 394 valence electrons. The maximum absolute atomic E-state index is 12.5. The van der Waals surface area contributed by atoms with Gasteiger partial charge in [-0.1, -0.05) is 306 Å². The molecular formula is C63H119NO3. The molecule has 0 saturated carbocycles. The van der Waals surface area contributed by atoms with Crippen LogP contribution in [-0.4, -0.2) is 34.9 Å². The molecule has 0 radical (unpaired) electrons. The maximum Gasteiger partial charge on any atom is 0.220 e. The molecule has 4 heteroatoms. The quantitative estimate of drug-likeness (QED) is 0.0420. The standard InChI is InChI=1S/C63H119NO3/c1-3-5-7-9-11-13-15-17-19-21-23-25-27-29-30-31-32-33-35-36-38-40-42-44-46-48-50-52-54-56-58-62(66)61(60-65)64-63(67)59-57-55-53-51-49-47-45-43-41-39-37-34-28-26-24-22-20-18-16-14-12-10-8-6-4-2/h16,18,22,24,48,50,56,58,61-62,65-66H,3-15,17,19-21,23,25-47,49,51-55,57,59-60H2,1-2H3,(H,64,67)/b18-16-,24-22-,50-48+,58-56+. The second-order valence-electron chi connectivity index (χ2n) is 20.8. The van der Waals surface area contributed by atoms with E-state index in [2.05, 4.69) is 55.6 Å². The van der Waals surface area contributed by atoms with Gasteiger partial charge in [0.1, 0.15) is 0 Å². The SMILES string of the molecule is CCCCCCC/C=C\C/C=C\CCCCCCCCCCCCCCCC(=O)NC(CO)C(O)/C=C/CC/C=C/CCCCCCCCCCCCCCCCCCCCCCCCCC. The molecule has 3 N–H and O–H groups in total. The normalized spacial score (nSPS) is 13.1. The van der Waals surface area contributed by atoms with Crippen LogP contribution in [0.15, 0.2) is 48.6 Å². The highest BCUT2D eigenvalue weighted by atomic mass is 16.3. The van der Waals surface area contributed by atoms with Gasteiger partial charge in [0, 0.05) is 6.42 Å². The fraction of sp³-hybridized carbons (Fsp3) is 0.857. The molecule has 0 heterocycles. The minimum Gasteiger partial charge on any atom is -0.394 e. The van der Waals surface area contributed by atoms with Crippen LogP contribution in [0.25, 0.3) is 0 Å². The molecule has 4 nitrogen and oxygen atoms in total. The highest BCUT2D eigenvalue weighted by Gasteiger charge is 2.18. The zero-order chi connectivity index (χ0) is 48.5. The third kappa shape index (κ3) is 55.2. The van der Waals surface area contributed by atoms with Crippen LogP contribution < -0.4 is 5.32 Å². The Morgan fingerprint density at radius 1 is 0.358 bits per heavy atom. The van der Waals surface area contributed by atoms with Gasteiger partial charge in [-0.2, -0.15) is 0 Å². The van der Waals surface area contributed by atoms with Gasteiger partial charge in [-0.3, -0.25) is 4.79 Å². The van der Waals surface area contributed by atoms with E-state index < -0.39 is 12.1 Å². The Labute approximate surface area is 420 Å². The first-order valence-electron chi connectivity index (χ1n) is 30.4. The predicted molar refractivity (Wildman–Crippen MR) is 299 cm³/mol. The average molecular weight is 939 g/mol. The van der Waals surface area contributed by atoms with Crippen LogP contribution >= 0.6 is 0 Å². The largest absolute Gasteiger partial charge is 0.394 e. The Hall–Kier alpha value is -1.65. The minimum absolute atomic E-state index is 0.0712. The molecule has 1 amide bonds. The zero-order valence-electron chi connectivity index (χ0n) is 45.4. The molecule has 0 aliphatic rings. The van der Waals surface area contributed by atoms with E-state index in [0.29, 0.717) is 6.42 Å². The molecule has 67 heavy (non-hydrogen) atoms. The van der Waals surface area contributed by atoms with Crippen molar-refractivity contribution in [3.05, 3.63) is 48.6 Å². The van der Waals surface area contributed by atoms with Crippen LogP contribution in [0.2, 0.25) is 0 Å². The van der Waals surface area contributed by atoms with Gasteiger partial charge < -0.3 is 15.5 Å². The third-order valence-electron chi connectivity index (χ3n) is 14.0. The van der Waals surface area contributed by atoms with E-state index in [9.17, 15) is 15.0 Å². The summed E-state index contributed by atoms with van der Waals surface area (Å²) in [5.41, 5.74) is 0. The molecule has 0 saturated heterocycles. The number of nitrogens with one attached hydrogen (secondary N) is 1. The topological polar surface area (TPSA) is 69.6 Å². The van der Waals surface area contributed by atoms with Crippen LogP contribution in [0.3, 0.4) is 0 Å². The zero-order valence-corrected chi connectivity index (χ0v) is 45.4. The smallest absolute Gasteiger partial charge is 0.220 e. The molecule has 0 bridgehead atoms. The number of amides is 1. The van der Waals surface area contributed by atoms with Gasteiger partial charge in [0.2, 0.25) is 5.91 Å². The summed E-state index contributed by atoms with van der Waals surface area (Å²) in [6, 6.07) is -0.641. The van der Waals surface area contributed by atoms with Crippen LogP contribution in [0.4, 0.5) is 0 Å². The molecule has 0 aromatic heterocycles. The summed E-state index contributed by atoms with van der Waals surface area (Å²) in [6.45, 7) is 4.32. The number of carbonyl (C=O) groups is 1. The summed E-state index contributed by atoms with van der Waals surface area (Å²) in [4.78, 5) is 12.5. The number of carbonyl (C=O) groups excluding carboxylic acids is 1.